The molecule has 0 spiro atoms. The van der Waals surface area contributed by atoms with Crippen LogP contribution in [0.1, 0.15) is 43.9 Å². The fourth-order valence-corrected chi connectivity index (χ4v) is 7.47. The Morgan fingerprint density at radius 1 is 1.14 bits per heavy atom. The molecule has 0 amide bonds. The SMILES string of the molecule is CCc1cc(-c2ccc(S(=O)(=O)N3CCC(N4CCCC4)CC3)s2)c(C)[nH]c1=O. The molecule has 6 nitrogen and oxygen atoms in total. The topological polar surface area (TPSA) is 73.5 Å². The van der Waals surface area contributed by atoms with Crippen molar-refractivity contribution < 1.29 is 8.42 Å². The number of nitrogens with zero attached hydrogens (tertiary/aromatic N) is 2. The van der Waals surface area contributed by atoms with Crippen molar-refractivity contribution >= 4 is 21.4 Å². The first kappa shape index (κ1) is 20.8. The molecule has 2 aromatic heterocycles. The molecule has 0 saturated carbocycles. The zero-order valence-corrected chi connectivity index (χ0v) is 18.7. The van der Waals surface area contributed by atoms with E-state index >= 15 is 0 Å². The number of hydrogen-bond acceptors (Lipinski definition) is 5. The Hall–Kier alpha value is -1.48. The van der Waals surface area contributed by atoms with Gasteiger partial charge in [-0.2, -0.15) is 4.31 Å². The van der Waals surface area contributed by atoms with Crippen LogP contribution in [0.5, 0.6) is 0 Å². The van der Waals surface area contributed by atoms with Crippen LogP contribution in [0.4, 0.5) is 0 Å². The normalized spacial score (nSPS) is 19.8. The Labute approximate surface area is 176 Å². The third-order valence-electron chi connectivity index (χ3n) is 6.22. The van der Waals surface area contributed by atoms with Gasteiger partial charge in [0.1, 0.15) is 4.21 Å². The molecule has 0 bridgehead atoms. The van der Waals surface area contributed by atoms with Crippen LogP contribution in [0.3, 0.4) is 0 Å². The van der Waals surface area contributed by atoms with Gasteiger partial charge in [-0.05, 0) is 70.3 Å². The molecule has 2 fully saturated rings. The summed E-state index contributed by atoms with van der Waals surface area (Å²) in [6.45, 7) is 7.30. The monoisotopic (exact) mass is 435 g/mol. The summed E-state index contributed by atoms with van der Waals surface area (Å²) in [4.78, 5) is 18.3. The highest BCUT2D eigenvalue weighted by molar-refractivity contribution is 7.91. The van der Waals surface area contributed by atoms with Gasteiger partial charge in [0.15, 0.2) is 0 Å². The second-order valence-corrected chi connectivity index (χ2v) is 11.3. The summed E-state index contributed by atoms with van der Waals surface area (Å²) in [5.74, 6) is 0. The lowest BCUT2D eigenvalue weighted by Gasteiger charge is -2.35. The molecule has 8 heteroatoms. The summed E-state index contributed by atoms with van der Waals surface area (Å²) >= 11 is 1.29. The van der Waals surface area contributed by atoms with Gasteiger partial charge < -0.3 is 9.88 Å². The summed E-state index contributed by atoms with van der Waals surface area (Å²) in [5, 5.41) is 0. The quantitative estimate of drug-likeness (QED) is 0.783. The number of piperidine rings is 1. The molecule has 0 radical (unpaired) electrons. The number of hydrogen-bond donors (Lipinski definition) is 1. The second-order valence-electron chi connectivity index (χ2n) is 8.01. The Morgan fingerprint density at radius 3 is 2.48 bits per heavy atom. The van der Waals surface area contributed by atoms with Gasteiger partial charge in [0, 0.05) is 40.8 Å². The summed E-state index contributed by atoms with van der Waals surface area (Å²) < 4.78 is 28.4. The maximum Gasteiger partial charge on any atom is 0.252 e. The molecule has 29 heavy (non-hydrogen) atoms. The minimum absolute atomic E-state index is 0.0703. The van der Waals surface area contributed by atoms with Crippen LogP contribution in [0.2, 0.25) is 0 Å². The molecule has 2 aliphatic heterocycles. The number of aryl methyl sites for hydroxylation is 2. The molecule has 158 valence electrons. The third kappa shape index (κ3) is 4.08. The number of nitrogens with one attached hydrogen (secondary N) is 1. The van der Waals surface area contributed by atoms with Crippen LogP contribution in [-0.2, 0) is 16.4 Å². The predicted octanol–water partition coefficient (Wildman–Crippen LogP) is 3.22. The van der Waals surface area contributed by atoms with Crippen molar-refractivity contribution in [1.29, 1.82) is 0 Å². The summed E-state index contributed by atoms with van der Waals surface area (Å²) in [6.07, 6.45) is 5.00. The van der Waals surface area contributed by atoms with Gasteiger partial charge in [-0.3, -0.25) is 4.79 Å². The van der Waals surface area contributed by atoms with Crippen LogP contribution < -0.4 is 5.56 Å². The molecule has 2 saturated heterocycles. The Bertz CT molecular complexity index is 1030. The van der Waals surface area contributed by atoms with Crippen molar-refractivity contribution in [3.63, 3.8) is 0 Å². The molecule has 0 atom stereocenters. The van der Waals surface area contributed by atoms with Crippen molar-refractivity contribution in [3.8, 4) is 10.4 Å². The predicted molar refractivity (Wildman–Crippen MR) is 117 cm³/mol. The lowest BCUT2D eigenvalue weighted by molar-refractivity contribution is 0.168. The average Bonchev–Trinajstić information content (AvgIpc) is 3.41. The maximum atomic E-state index is 13.2. The first-order chi connectivity index (χ1) is 13.9. The van der Waals surface area contributed by atoms with Crippen molar-refractivity contribution in [2.45, 2.75) is 56.2 Å². The molecule has 4 rings (SSSR count). The molecule has 1 N–H and O–H groups in total. The minimum atomic E-state index is -3.47. The van der Waals surface area contributed by atoms with E-state index in [2.05, 4.69) is 9.88 Å². The summed E-state index contributed by atoms with van der Waals surface area (Å²) in [7, 11) is -3.47. The largest absolute Gasteiger partial charge is 0.326 e. The maximum absolute atomic E-state index is 13.2. The number of H-pyrrole nitrogens is 1. The Balaban J connectivity index is 1.52. The number of thiophene rings is 1. The van der Waals surface area contributed by atoms with Crippen molar-refractivity contribution in [2.75, 3.05) is 26.2 Å². The molecule has 4 heterocycles. The van der Waals surface area contributed by atoms with E-state index in [9.17, 15) is 13.2 Å². The number of aromatic amines is 1. The minimum Gasteiger partial charge on any atom is -0.326 e. The van der Waals surface area contributed by atoms with Gasteiger partial charge in [0.2, 0.25) is 0 Å². The molecule has 0 aliphatic carbocycles. The number of sulfonamides is 1. The first-order valence-corrected chi connectivity index (χ1v) is 12.7. The molecular weight excluding hydrogens is 406 g/mol. The zero-order chi connectivity index (χ0) is 20.6. The number of rotatable bonds is 5. The lowest BCUT2D eigenvalue weighted by atomic mass is 10.1. The van der Waals surface area contributed by atoms with E-state index < -0.39 is 10.0 Å². The highest BCUT2D eigenvalue weighted by atomic mass is 32.2. The van der Waals surface area contributed by atoms with E-state index in [1.807, 2.05) is 26.0 Å². The van der Waals surface area contributed by atoms with Gasteiger partial charge in [-0.1, -0.05) is 6.92 Å². The van der Waals surface area contributed by atoms with Crippen LogP contribution in [0.25, 0.3) is 10.4 Å². The van der Waals surface area contributed by atoms with Gasteiger partial charge in [-0.15, -0.1) is 11.3 Å². The van der Waals surface area contributed by atoms with Crippen LogP contribution in [0.15, 0.2) is 27.2 Å². The number of likely N-dealkylation sites (tertiary alicyclic amines) is 1. The van der Waals surface area contributed by atoms with Crippen LogP contribution >= 0.6 is 11.3 Å². The van der Waals surface area contributed by atoms with Crippen molar-refractivity contribution in [2.24, 2.45) is 0 Å². The highest BCUT2D eigenvalue weighted by Crippen LogP contribution is 2.34. The van der Waals surface area contributed by atoms with E-state index in [1.54, 1.807) is 10.4 Å². The fourth-order valence-electron chi connectivity index (χ4n) is 4.47. The van der Waals surface area contributed by atoms with Gasteiger partial charge >= 0.3 is 0 Å². The molecule has 2 aromatic rings. The first-order valence-electron chi connectivity index (χ1n) is 10.5. The van der Waals surface area contributed by atoms with Gasteiger partial charge in [0.25, 0.3) is 15.6 Å². The second kappa shape index (κ2) is 8.34. The number of pyridine rings is 1. The fraction of sp³-hybridized carbons (Fsp3) is 0.571. The summed E-state index contributed by atoms with van der Waals surface area (Å²) in [5.41, 5.74) is 2.32. The van der Waals surface area contributed by atoms with Gasteiger partial charge in [-0.25, -0.2) is 8.42 Å². The standard InChI is InChI=1S/C21H29N3O3S2/c1-3-16-14-18(15(2)22-21(16)25)19-6-7-20(28-19)29(26,27)24-12-8-17(9-13-24)23-10-4-5-11-23/h6-7,14,17H,3-5,8-13H2,1-2H3,(H,22,25). The van der Waals surface area contributed by atoms with E-state index in [-0.39, 0.29) is 5.56 Å². The lowest BCUT2D eigenvalue weighted by Crippen LogP contribution is -2.45. The van der Waals surface area contributed by atoms with Crippen LogP contribution in [-0.4, -0.2) is 54.8 Å². The Morgan fingerprint density at radius 2 is 1.83 bits per heavy atom. The average molecular weight is 436 g/mol. The number of aromatic nitrogens is 1. The molecule has 2 aliphatic rings. The van der Waals surface area contributed by atoms with Gasteiger partial charge in [0.05, 0.1) is 0 Å². The molecule has 0 aromatic carbocycles. The molecule has 0 unspecified atom stereocenters. The van der Waals surface area contributed by atoms with E-state index in [0.29, 0.717) is 35.3 Å². The smallest absolute Gasteiger partial charge is 0.252 e. The van der Waals surface area contributed by atoms with Crippen molar-refractivity contribution in [1.82, 2.24) is 14.2 Å². The van der Waals surface area contributed by atoms with Crippen LogP contribution in [0, 0.1) is 6.92 Å². The molecular formula is C21H29N3O3S2. The van der Waals surface area contributed by atoms with E-state index in [4.69, 9.17) is 0 Å². The highest BCUT2D eigenvalue weighted by Gasteiger charge is 2.33. The van der Waals surface area contributed by atoms with E-state index in [1.165, 1.54) is 24.2 Å². The Kier molecular flexibility index (Phi) is 5.97. The summed E-state index contributed by atoms with van der Waals surface area (Å²) in [6, 6.07) is 5.98. The zero-order valence-electron chi connectivity index (χ0n) is 17.1. The van der Waals surface area contributed by atoms with Crippen molar-refractivity contribution in [3.05, 3.63) is 39.8 Å². The van der Waals surface area contributed by atoms with E-state index in [0.717, 1.165) is 42.1 Å². The third-order valence-corrected chi connectivity index (χ3v) is 9.70.